The standard InChI is InChI=1S/C13H16N4O2/c1-3-19-13(18)12(9(2)15)17(16)11-6-4-10(8-14)5-7-11/h4-7H,3,15-16H2,1-2H3/b12-9-. The minimum Gasteiger partial charge on any atom is -0.461 e. The van der Waals surface area contributed by atoms with Crippen LogP contribution in [0.25, 0.3) is 0 Å². The Morgan fingerprint density at radius 2 is 2.00 bits per heavy atom. The molecule has 0 aliphatic carbocycles. The van der Waals surface area contributed by atoms with Crippen LogP contribution in [0, 0.1) is 11.3 Å². The number of ether oxygens (including phenoxy) is 1. The van der Waals surface area contributed by atoms with Gasteiger partial charge in [0, 0.05) is 5.70 Å². The molecule has 19 heavy (non-hydrogen) atoms. The topological polar surface area (TPSA) is 105 Å². The van der Waals surface area contributed by atoms with Gasteiger partial charge in [-0.05, 0) is 38.1 Å². The van der Waals surface area contributed by atoms with E-state index in [4.69, 9.17) is 21.6 Å². The molecule has 1 rings (SSSR count). The van der Waals surface area contributed by atoms with Crippen molar-refractivity contribution in [3.8, 4) is 6.07 Å². The molecule has 0 aliphatic rings. The minimum absolute atomic E-state index is 0.0755. The Bertz CT molecular complexity index is 525. The lowest BCUT2D eigenvalue weighted by Crippen LogP contribution is -2.36. The quantitative estimate of drug-likeness (QED) is 0.362. The van der Waals surface area contributed by atoms with Crippen LogP contribution in [-0.4, -0.2) is 12.6 Å². The number of carbonyl (C=O) groups excluding carboxylic acids is 1. The first kappa shape index (κ1) is 14.5. The lowest BCUT2D eigenvalue weighted by Gasteiger charge is -2.21. The fraction of sp³-hybridized carbons (Fsp3) is 0.231. The van der Waals surface area contributed by atoms with Crippen molar-refractivity contribution < 1.29 is 9.53 Å². The molecule has 6 heteroatoms. The van der Waals surface area contributed by atoms with Gasteiger partial charge in [-0.25, -0.2) is 10.6 Å². The molecule has 0 saturated heterocycles. The second-order valence-corrected chi connectivity index (χ2v) is 3.78. The number of nitrogens with two attached hydrogens (primary N) is 2. The number of hydrazine groups is 1. The highest BCUT2D eigenvalue weighted by Crippen LogP contribution is 2.18. The zero-order valence-electron chi connectivity index (χ0n) is 10.9. The van der Waals surface area contributed by atoms with Gasteiger partial charge in [0.05, 0.1) is 23.9 Å². The summed E-state index contributed by atoms with van der Waals surface area (Å²) in [7, 11) is 0. The first-order valence-corrected chi connectivity index (χ1v) is 5.69. The highest BCUT2D eigenvalue weighted by atomic mass is 16.5. The Hall–Kier alpha value is -2.52. The van der Waals surface area contributed by atoms with Gasteiger partial charge in [0.25, 0.3) is 0 Å². The summed E-state index contributed by atoms with van der Waals surface area (Å²) in [5.74, 6) is 5.29. The highest BCUT2D eigenvalue weighted by molar-refractivity contribution is 5.93. The summed E-state index contributed by atoms with van der Waals surface area (Å²) in [5, 5.41) is 9.87. The van der Waals surface area contributed by atoms with Crippen LogP contribution in [0.15, 0.2) is 35.7 Å². The van der Waals surface area contributed by atoms with Crippen LogP contribution in [0.2, 0.25) is 0 Å². The van der Waals surface area contributed by atoms with Crippen molar-refractivity contribution in [2.75, 3.05) is 11.6 Å². The highest BCUT2D eigenvalue weighted by Gasteiger charge is 2.20. The van der Waals surface area contributed by atoms with E-state index in [1.165, 1.54) is 0 Å². The van der Waals surface area contributed by atoms with Gasteiger partial charge >= 0.3 is 5.97 Å². The molecule has 0 atom stereocenters. The predicted octanol–water partition coefficient (Wildman–Crippen LogP) is 0.992. The van der Waals surface area contributed by atoms with Gasteiger partial charge in [0.15, 0.2) is 5.70 Å². The summed E-state index contributed by atoms with van der Waals surface area (Å²) in [5.41, 5.74) is 7.03. The molecular weight excluding hydrogens is 244 g/mol. The predicted molar refractivity (Wildman–Crippen MR) is 71.3 cm³/mol. The number of hydrogen-bond donors (Lipinski definition) is 2. The van der Waals surface area contributed by atoms with Crippen LogP contribution in [0.4, 0.5) is 5.69 Å². The summed E-state index contributed by atoms with van der Waals surface area (Å²) in [6.45, 7) is 3.50. The molecule has 4 N–H and O–H groups in total. The van der Waals surface area contributed by atoms with E-state index in [1.54, 1.807) is 38.1 Å². The summed E-state index contributed by atoms with van der Waals surface area (Å²) in [6.07, 6.45) is 0. The fourth-order valence-electron chi connectivity index (χ4n) is 1.47. The maximum Gasteiger partial charge on any atom is 0.358 e. The van der Waals surface area contributed by atoms with Crippen molar-refractivity contribution in [1.29, 1.82) is 5.26 Å². The molecule has 0 aromatic heterocycles. The molecular formula is C13H16N4O2. The second-order valence-electron chi connectivity index (χ2n) is 3.78. The minimum atomic E-state index is -0.589. The van der Waals surface area contributed by atoms with E-state index >= 15 is 0 Å². The van der Waals surface area contributed by atoms with E-state index in [0.29, 0.717) is 11.3 Å². The van der Waals surface area contributed by atoms with Crippen molar-refractivity contribution in [2.45, 2.75) is 13.8 Å². The molecule has 0 unspecified atom stereocenters. The first-order valence-electron chi connectivity index (χ1n) is 5.69. The third-order valence-corrected chi connectivity index (χ3v) is 2.36. The molecule has 0 saturated carbocycles. The molecule has 0 amide bonds. The average molecular weight is 260 g/mol. The first-order chi connectivity index (χ1) is 9.01. The molecule has 0 spiro atoms. The number of hydrogen-bond acceptors (Lipinski definition) is 6. The van der Waals surface area contributed by atoms with Crippen molar-refractivity contribution in [2.24, 2.45) is 11.6 Å². The van der Waals surface area contributed by atoms with Crippen molar-refractivity contribution in [3.63, 3.8) is 0 Å². The lowest BCUT2D eigenvalue weighted by atomic mass is 10.2. The summed E-state index contributed by atoms with van der Waals surface area (Å²) in [6, 6.07) is 8.45. The van der Waals surface area contributed by atoms with Gasteiger partial charge in [-0.15, -0.1) is 0 Å². The molecule has 0 radical (unpaired) electrons. The Kier molecular flexibility index (Phi) is 4.92. The number of esters is 1. The molecule has 1 aromatic carbocycles. The molecule has 0 bridgehead atoms. The van der Waals surface area contributed by atoms with Crippen LogP contribution >= 0.6 is 0 Å². The van der Waals surface area contributed by atoms with Crippen molar-refractivity contribution >= 4 is 11.7 Å². The largest absolute Gasteiger partial charge is 0.461 e. The van der Waals surface area contributed by atoms with Crippen LogP contribution in [0.1, 0.15) is 19.4 Å². The molecule has 0 fully saturated rings. The molecule has 0 heterocycles. The Morgan fingerprint density at radius 3 is 2.42 bits per heavy atom. The van der Waals surface area contributed by atoms with Gasteiger partial charge in [0.1, 0.15) is 0 Å². The fourth-order valence-corrected chi connectivity index (χ4v) is 1.47. The SMILES string of the molecule is CCOC(=O)/C(=C(\C)N)N(N)c1ccc(C#N)cc1. The van der Waals surface area contributed by atoms with Crippen LogP contribution in [-0.2, 0) is 9.53 Å². The van der Waals surface area contributed by atoms with Gasteiger partial charge in [-0.2, -0.15) is 5.26 Å². The summed E-state index contributed by atoms with van der Waals surface area (Å²) in [4.78, 5) is 11.8. The molecule has 6 nitrogen and oxygen atoms in total. The monoisotopic (exact) mass is 260 g/mol. The Morgan fingerprint density at radius 1 is 1.42 bits per heavy atom. The Balaban J connectivity index is 3.07. The number of nitriles is 1. The van der Waals surface area contributed by atoms with Crippen LogP contribution in [0.5, 0.6) is 0 Å². The van der Waals surface area contributed by atoms with Crippen LogP contribution in [0.3, 0.4) is 0 Å². The van der Waals surface area contributed by atoms with E-state index in [1.807, 2.05) is 6.07 Å². The third-order valence-electron chi connectivity index (χ3n) is 2.36. The van der Waals surface area contributed by atoms with Gasteiger partial charge < -0.3 is 10.5 Å². The lowest BCUT2D eigenvalue weighted by molar-refractivity contribution is -0.138. The number of nitrogens with zero attached hydrogens (tertiary/aromatic N) is 2. The summed E-state index contributed by atoms with van der Waals surface area (Å²) >= 11 is 0. The van der Waals surface area contributed by atoms with E-state index in [0.717, 1.165) is 5.01 Å². The number of anilines is 1. The smallest absolute Gasteiger partial charge is 0.358 e. The summed E-state index contributed by atoms with van der Waals surface area (Å²) < 4.78 is 4.90. The molecule has 1 aromatic rings. The zero-order chi connectivity index (χ0) is 14.4. The van der Waals surface area contributed by atoms with E-state index in [9.17, 15) is 4.79 Å². The number of rotatable bonds is 4. The zero-order valence-corrected chi connectivity index (χ0v) is 10.9. The maximum absolute atomic E-state index is 11.8. The normalized spacial score (nSPS) is 11.3. The third kappa shape index (κ3) is 3.47. The number of benzene rings is 1. The van der Waals surface area contributed by atoms with E-state index < -0.39 is 5.97 Å². The number of carbonyl (C=O) groups is 1. The average Bonchev–Trinajstić information content (AvgIpc) is 2.38. The second kappa shape index (κ2) is 6.42. The van der Waals surface area contributed by atoms with E-state index in [2.05, 4.69) is 0 Å². The van der Waals surface area contributed by atoms with Gasteiger partial charge in [-0.3, -0.25) is 5.01 Å². The molecule has 100 valence electrons. The van der Waals surface area contributed by atoms with Gasteiger partial charge in [-0.1, -0.05) is 0 Å². The molecule has 0 aliphatic heterocycles. The van der Waals surface area contributed by atoms with Crippen molar-refractivity contribution in [3.05, 3.63) is 41.2 Å². The van der Waals surface area contributed by atoms with Crippen LogP contribution < -0.4 is 16.6 Å². The van der Waals surface area contributed by atoms with Crippen molar-refractivity contribution in [1.82, 2.24) is 0 Å². The van der Waals surface area contributed by atoms with E-state index in [-0.39, 0.29) is 18.0 Å². The van der Waals surface area contributed by atoms with Gasteiger partial charge in [0.2, 0.25) is 0 Å². The maximum atomic E-state index is 11.8. The number of allylic oxidation sites excluding steroid dienone is 1. The Labute approximate surface area is 111 Å².